The molecule has 4 rings (SSSR count). The number of amides is 3. The van der Waals surface area contributed by atoms with Gasteiger partial charge in [0.2, 0.25) is 11.8 Å². The Morgan fingerprint density at radius 3 is 2.61 bits per heavy atom. The fraction of sp³-hybridized carbons (Fsp3) is 0.333. The molecular weight excluding hydrogens is 467 g/mol. The molecule has 2 aromatic rings. The van der Waals surface area contributed by atoms with E-state index in [1.807, 2.05) is 0 Å². The maximum Gasteiger partial charge on any atom is 0.338 e. The van der Waals surface area contributed by atoms with E-state index < -0.39 is 18.5 Å². The first kappa shape index (κ1) is 23.3. The van der Waals surface area contributed by atoms with Crippen molar-refractivity contribution in [1.29, 1.82) is 0 Å². The summed E-state index contributed by atoms with van der Waals surface area (Å²) in [5.74, 6) is -2.00. The summed E-state index contributed by atoms with van der Waals surface area (Å²) in [6.45, 7) is 1.54. The third kappa shape index (κ3) is 4.89. The van der Waals surface area contributed by atoms with Crippen LogP contribution >= 0.6 is 23.2 Å². The van der Waals surface area contributed by atoms with Gasteiger partial charge in [0, 0.05) is 5.02 Å². The third-order valence-electron chi connectivity index (χ3n) is 6.06. The number of fused-ring (bicyclic) bond motifs is 1. The molecule has 7 nitrogen and oxygen atoms in total. The first-order valence-electron chi connectivity index (χ1n) is 10.6. The number of carbonyl (C=O) groups excluding carboxylic acids is 4. The van der Waals surface area contributed by atoms with Crippen LogP contribution in [0.15, 0.2) is 42.5 Å². The normalized spacial score (nSPS) is 22.2. The molecule has 1 aliphatic carbocycles. The van der Waals surface area contributed by atoms with Gasteiger partial charge in [-0.05, 0) is 61.6 Å². The zero-order valence-electron chi connectivity index (χ0n) is 17.8. The zero-order chi connectivity index (χ0) is 23.7. The highest BCUT2D eigenvalue weighted by Crippen LogP contribution is 2.42. The number of hydrogen-bond donors (Lipinski definition) is 1. The number of hydrogen-bond acceptors (Lipinski definition) is 5. The second-order valence-electron chi connectivity index (χ2n) is 8.44. The third-order valence-corrected chi connectivity index (χ3v) is 6.63. The molecule has 1 N–H and O–H groups in total. The number of halogens is 2. The first-order valence-corrected chi connectivity index (χ1v) is 11.4. The molecule has 0 aromatic heterocycles. The number of benzene rings is 2. The van der Waals surface area contributed by atoms with E-state index in [0.717, 1.165) is 6.42 Å². The minimum atomic E-state index is -0.755. The molecule has 33 heavy (non-hydrogen) atoms. The molecule has 1 saturated carbocycles. The molecule has 2 fully saturated rings. The standard InChI is InChI=1S/C24H22Cl2N2O5/c1-13-5-7-17-18(9-13)23(31)28(22(17)30)16-4-2-3-14(10-16)24(32)33-12-21(29)27-20-11-15(25)6-8-19(20)26/h2-4,6,8,10-11,13,17-18H,5,7,9,12H2,1H3,(H,27,29)/t13-,17+,18+/m1/s1. The highest BCUT2D eigenvalue weighted by atomic mass is 35.5. The van der Waals surface area contributed by atoms with Gasteiger partial charge in [-0.1, -0.05) is 36.2 Å². The summed E-state index contributed by atoms with van der Waals surface area (Å²) < 4.78 is 5.10. The van der Waals surface area contributed by atoms with E-state index in [1.54, 1.807) is 18.2 Å². The summed E-state index contributed by atoms with van der Waals surface area (Å²) in [6.07, 6.45) is 2.31. The Bertz CT molecular complexity index is 1140. The predicted octanol–water partition coefficient (Wildman–Crippen LogP) is 4.71. The lowest BCUT2D eigenvalue weighted by Gasteiger charge is -2.25. The summed E-state index contributed by atoms with van der Waals surface area (Å²) >= 11 is 11.9. The fourth-order valence-corrected chi connectivity index (χ4v) is 4.75. The quantitative estimate of drug-likeness (QED) is 0.485. The van der Waals surface area contributed by atoms with Gasteiger partial charge in [0.05, 0.1) is 33.8 Å². The van der Waals surface area contributed by atoms with Crippen LogP contribution in [0.3, 0.4) is 0 Å². The molecule has 3 amide bonds. The van der Waals surface area contributed by atoms with Gasteiger partial charge in [0.1, 0.15) is 0 Å². The molecule has 3 atom stereocenters. The molecule has 0 radical (unpaired) electrons. The van der Waals surface area contributed by atoms with Gasteiger partial charge in [-0.2, -0.15) is 0 Å². The molecule has 2 aromatic carbocycles. The smallest absolute Gasteiger partial charge is 0.338 e. The van der Waals surface area contributed by atoms with Crippen LogP contribution in [-0.4, -0.2) is 30.3 Å². The number of carbonyl (C=O) groups is 4. The summed E-state index contributed by atoms with van der Waals surface area (Å²) in [4.78, 5) is 51.7. The largest absolute Gasteiger partial charge is 0.452 e. The van der Waals surface area contributed by atoms with Crippen molar-refractivity contribution < 1.29 is 23.9 Å². The maximum atomic E-state index is 12.9. The topological polar surface area (TPSA) is 92.8 Å². The van der Waals surface area contributed by atoms with E-state index >= 15 is 0 Å². The van der Waals surface area contributed by atoms with E-state index in [2.05, 4.69) is 12.2 Å². The molecule has 0 spiro atoms. The van der Waals surface area contributed by atoms with Crippen LogP contribution in [0.25, 0.3) is 0 Å². The minimum absolute atomic E-state index is 0.130. The van der Waals surface area contributed by atoms with E-state index in [4.69, 9.17) is 27.9 Å². The summed E-state index contributed by atoms with van der Waals surface area (Å²) in [6, 6.07) is 10.7. The summed E-state index contributed by atoms with van der Waals surface area (Å²) in [5, 5.41) is 3.21. The Labute approximate surface area is 201 Å². The van der Waals surface area contributed by atoms with Crippen molar-refractivity contribution in [2.45, 2.75) is 26.2 Å². The molecular formula is C24H22Cl2N2O5. The fourth-order valence-electron chi connectivity index (χ4n) is 4.41. The van der Waals surface area contributed by atoms with Crippen LogP contribution in [0.1, 0.15) is 36.5 Å². The predicted molar refractivity (Wildman–Crippen MR) is 124 cm³/mol. The van der Waals surface area contributed by atoms with E-state index in [-0.39, 0.29) is 29.2 Å². The van der Waals surface area contributed by atoms with Crippen molar-refractivity contribution in [3.05, 3.63) is 58.1 Å². The number of nitrogens with one attached hydrogen (secondary N) is 1. The molecule has 0 unspecified atom stereocenters. The summed E-state index contributed by atoms with van der Waals surface area (Å²) in [7, 11) is 0. The number of anilines is 2. The lowest BCUT2D eigenvalue weighted by Crippen LogP contribution is -2.31. The van der Waals surface area contributed by atoms with E-state index in [1.165, 1.54) is 29.2 Å². The van der Waals surface area contributed by atoms with Crippen LogP contribution in [0.5, 0.6) is 0 Å². The van der Waals surface area contributed by atoms with Gasteiger partial charge in [-0.3, -0.25) is 19.3 Å². The van der Waals surface area contributed by atoms with Crippen LogP contribution in [0.2, 0.25) is 10.0 Å². The van der Waals surface area contributed by atoms with Crippen LogP contribution in [0.4, 0.5) is 11.4 Å². The Morgan fingerprint density at radius 1 is 1.06 bits per heavy atom. The van der Waals surface area contributed by atoms with Gasteiger partial charge in [0.15, 0.2) is 6.61 Å². The molecule has 0 bridgehead atoms. The Morgan fingerprint density at radius 2 is 1.82 bits per heavy atom. The SMILES string of the molecule is C[C@@H]1CC[C@@H]2C(=O)N(c3cccc(C(=O)OCC(=O)Nc4cc(Cl)ccc4Cl)c3)C(=O)[C@H]2C1. The first-order chi connectivity index (χ1) is 15.7. The van der Waals surface area contributed by atoms with Gasteiger partial charge in [-0.25, -0.2) is 4.79 Å². The molecule has 2 aliphatic rings. The van der Waals surface area contributed by atoms with Crippen LogP contribution in [-0.2, 0) is 19.1 Å². The average Bonchev–Trinajstić information content (AvgIpc) is 3.04. The molecule has 1 heterocycles. The van der Waals surface area contributed by atoms with Gasteiger partial charge < -0.3 is 10.1 Å². The van der Waals surface area contributed by atoms with Crippen molar-refractivity contribution in [2.75, 3.05) is 16.8 Å². The van der Waals surface area contributed by atoms with Gasteiger partial charge in [-0.15, -0.1) is 0 Å². The highest BCUT2D eigenvalue weighted by Gasteiger charge is 2.50. The van der Waals surface area contributed by atoms with Crippen molar-refractivity contribution >= 4 is 58.3 Å². The molecule has 1 aliphatic heterocycles. The molecule has 9 heteroatoms. The zero-order valence-corrected chi connectivity index (χ0v) is 19.4. The Balaban J connectivity index is 1.42. The number of rotatable bonds is 5. The minimum Gasteiger partial charge on any atom is -0.452 e. The van der Waals surface area contributed by atoms with Crippen LogP contribution in [0, 0.1) is 17.8 Å². The highest BCUT2D eigenvalue weighted by molar-refractivity contribution is 6.35. The van der Waals surface area contributed by atoms with Crippen molar-refractivity contribution in [2.24, 2.45) is 17.8 Å². The number of ether oxygens (including phenoxy) is 1. The summed E-state index contributed by atoms with van der Waals surface area (Å²) in [5.41, 5.74) is 0.760. The molecule has 172 valence electrons. The lowest BCUT2D eigenvalue weighted by molar-refractivity contribution is -0.122. The Hall–Kier alpha value is -2.90. The van der Waals surface area contributed by atoms with Crippen molar-refractivity contribution in [3.63, 3.8) is 0 Å². The number of esters is 1. The second kappa shape index (κ2) is 9.53. The van der Waals surface area contributed by atoms with E-state index in [0.29, 0.717) is 40.2 Å². The number of imide groups is 1. The van der Waals surface area contributed by atoms with Crippen LogP contribution < -0.4 is 10.2 Å². The Kier molecular flexibility index (Phi) is 6.72. The second-order valence-corrected chi connectivity index (χ2v) is 9.29. The van der Waals surface area contributed by atoms with Gasteiger partial charge >= 0.3 is 5.97 Å². The number of nitrogens with zero attached hydrogens (tertiary/aromatic N) is 1. The maximum absolute atomic E-state index is 12.9. The van der Waals surface area contributed by atoms with Crippen molar-refractivity contribution in [1.82, 2.24) is 0 Å². The monoisotopic (exact) mass is 488 g/mol. The van der Waals surface area contributed by atoms with E-state index in [9.17, 15) is 19.2 Å². The average molecular weight is 489 g/mol. The van der Waals surface area contributed by atoms with Gasteiger partial charge in [0.25, 0.3) is 5.91 Å². The van der Waals surface area contributed by atoms with Crippen molar-refractivity contribution in [3.8, 4) is 0 Å². The lowest BCUT2D eigenvalue weighted by atomic mass is 9.76. The molecule has 1 saturated heterocycles.